The van der Waals surface area contributed by atoms with Crippen LogP contribution < -0.4 is 0 Å². The summed E-state index contributed by atoms with van der Waals surface area (Å²) in [5.41, 5.74) is 0.956. The van der Waals surface area contributed by atoms with Gasteiger partial charge in [-0.05, 0) is 31.7 Å². The first-order chi connectivity index (χ1) is 9.23. The normalized spacial score (nSPS) is 24.0. The van der Waals surface area contributed by atoms with Crippen molar-refractivity contribution >= 4 is 0 Å². The third kappa shape index (κ3) is 3.37. The minimum Gasteiger partial charge on any atom is -0.396 e. The first kappa shape index (κ1) is 14.5. The van der Waals surface area contributed by atoms with Gasteiger partial charge in [0, 0.05) is 24.6 Å². The maximum Gasteiger partial charge on any atom is 0.0632 e. The van der Waals surface area contributed by atoms with Crippen LogP contribution in [0.2, 0.25) is 0 Å². The smallest absolute Gasteiger partial charge is 0.0632 e. The van der Waals surface area contributed by atoms with Crippen LogP contribution in [0.5, 0.6) is 0 Å². The van der Waals surface area contributed by atoms with E-state index in [9.17, 15) is 5.11 Å². The minimum absolute atomic E-state index is 0.120. The standard InChI is InChI=1S/C15H26N2O2/c1-3-14(4-2)17-8-6-13(16-17)10-15(11-18)7-5-9-19-12-15/h6,8,14,18H,3-5,7,9-12H2,1-2H3. The molecular weight excluding hydrogens is 240 g/mol. The van der Waals surface area contributed by atoms with E-state index in [-0.39, 0.29) is 12.0 Å². The van der Waals surface area contributed by atoms with Gasteiger partial charge in [0.1, 0.15) is 0 Å². The molecule has 2 heterocycles. The van der Waals surface area contributed by atoms with E-state index in [1.807, 2.05) is 0 Å². The van der Waals surface area contributed by atoms with Crippen LogP contribution in [0.1, 0.15) is 51.3 Å². The summed E-state index contributed by atoms with van der Waals surface area (Å²) in [5.74, 6) is 0. The van der Waals surface area contributed by atoms with Crippen LogP contribution >= 0.6 is 0 Å². The molecule has 0 saturated carbocycles. The molecule has 1 aromatic rings. The number of hydrogen-bond acceptors (Lipinski definition) is 3. The molecular formula is C15H26N2O2. The topological polar surface area (TPSA) is 47.3 Å². The summed E-state index contributed by atoms with van der Waals surface area (Å²) in [6.07, 6.45) is 7.16. The number of aliphatic hydroxyl groups is 1. The molecule has 2 rings (SSSR count). The Labute approximate surface area is 115 Å². The highest BCUT2D eigenvalue weighted by Crippen LogP contribution is 2.31. The van der Waals surface area contributed by atoms with E-state index in [2.05, 4.69) is 35.9 Å². The molecule has 1 fully saturated rings. The summed E-state index contributed by atoms with van der Waals surface area (Å²) in [7, 11) is 0. The van der Waals surface area contributed by atoms with Crippen LogP contribution in [0.4, 0.5) is 0 Å². The highest BCUT2D eigenvalue weighted by Gasteiger charge is 2.33. The molecule has 0 aromatic carbocycles. The number of hydrogen-bond donors (Lipinski definition) is 1. The Bertz CT molecular complexity index is 379. The first-order valence-corrected chi connectivity index (χ1v) is 7.45. The average Bonchev–Trinajstić information content (AvgIpc) is 2.89. The highest BCUT2D eigenvalue weighted by atomic mass is 16.5. The van der Waals surface area contributed by atoms with Gasteiger partial charge in [-0.2, -0.15) is 5.10 Å². The molecule has 1 saturated heterocycles. The van der Waals surface area contributed by atoms with Crippen molar-refractivity contribution in [3.63, 3.8) is 0 Å². The monoisotopic (exact) mass is 266 g/mol. The Hall–Kier alpha value is -0.870. The lowest BCUT2D eigenvalue weighted by molar-refractivity contribution is -0.0384. The number of nitrogens with zero attached hydrogens (tertiary/aromatic N) is 2. The van der Waals surface area contributed by atoms with E-state index in [4.69, 9.17) is 4.74 Å². The van der Waals surface area contributed by atoms with Crippen LogP contribution in [0.3, 0.4) is 0 Å². The van der Waals surface area contributed by atoms with E-state index < -0.39 is 0 Å². The Balaban J connectivity index is 2.05. The lowest BCUT2D eigenvalue weighted by Gasteiger charge is -2.34. The van der Waals surface area contributed by atoms with Crippen molar-refractivity contribution in [2.75, 3.05) is 19.8 Å². The van der Waals surface area contributed by atoms with Crippen molar-refractivity contribution in [3.8, 4) is 0 Å². The molecule has 1 atom stereocenters. The zero-order valence-corrected chi connectivity index (χ0v) is 12.1. The predicted octanol–water partition coefficient (Wildman–Crippen LogP) is 2.58. The molecule has 4 heteroatoms. The number of ether oxygens (including phenoxy) is 1. The van der Waals surface area contributed by atoms with Crippen molar-refractivity contribution in [2.45, 2.75) is 52.0 Å². The fourth-order valence-electron chi connectivity index (χ4n) is 2.95. The summed E-state index contributed by atoms with van der Waals surface area (Å²) in [5, 5.41) is 14.4. The van der Waals surface area contributed by atoms with Gasteiger partial charge >= 0.3 is 0 Å². The molecule has 4 nitrogen and oxygen atoms in total. The van der Waals surface area contributed by atoms with Crippen LogP contribution in [-0.2, 0) is 11.2 Å². The van der Waals surface area contributed by atoms with Gasteiger partial charge in [0.15, 0.2) is 0 Å². The van der Waals surface area contributed by atoms with Gasteiger partial charge in [0.05, 0.1) is 24.9 Å². The third-order valence-corrected chi connectivity index (χ3v) is 4.28. The van der Waals surface area contributed by atoms with Crippen molar-refractivity contribution in [1.82, 2.24) is 9.78 Å². The molecule has 1 N–H and O–H groups in total. The summed E-state index contributed by atoms with van der Waals surface area (Å²) in [6, 6.07) is 2.58. The molecule has 0 bridgehead atoms. The molecule has 1 unspecified atom stereocenters. The van der Waals surface area contributed by atoms with Gasteiger partial charge in [-0.3, -0.25) is 4.68 Å². The summed E-state index contributed by atoms with van der Waals surface area (Å²) >= 11 is 0. The Morgan fingerprint density at radius 2 is 2.26 bits per heavy atom. The van der Waals surface area contributed by atoms with Gasteiger partial charge in [-0.25, -0.2) is 0 Å². The van der Waals surface area contributed by atoms with E-state index >= 15 is 0 Å². The molecule has 0 radical (unpaired) electrons. The van der Waals surface area contributed by atoms with E-state index in [1.165, 1.54) is 0 Å². The van der Waals surface area contributed by atoms with Crippen molar-refractivity contribution in [1.29, 1.82) is 0 Å². The average molecular weight is 266 g/mol. The summed E-state index contributed by atoms with van der Waals surface area (Å²) in [6.45, 7) is 6.05. The molecule has 108 valence electrons. The molecule has 1 aromatic heterocycles. The predicted molar refractivity (Wildman–Crippen MR) is 75.1 cm³/mol. The van der Waals surface area contributed by atoms with Gasteiger partial charge in [-0.15, -0.1) is 0 Å². The van der Waals surface area contributed by atoms with Crippen LogP contribution in [0.25, 0.3) is 0 Å². The fraction of sp³-hybridized carbons (Fsp3) is 0.800. The quantitative estimate of drug-likeness (QED) is 0.861. The first-order valence-electron chi connectivity index (χ1n) is 7.45. The second kappa shape index (κ2) is 6.53. The molecule has 0 aliphatic carbocycles. The summed E-state index contributed by atoms with van der Waals surface area (Å²) in [4.78, 5) is 0. The fourth-order valence-corrected chi connectivity index (χ4v) is 2.95. The third-order valence-electron chi connectivity index (χ3n) is 4.28. The van der Waals surface area contributed by atoms with Gasteiger partial charge in [0.25, 0.3) is 0 Å². The van der Waals surface area contributed by atoms with Gasteiger partial charge in [0.2, 0.25) is 0 Å². The molecule has 1 aliphatic heterocycles. The highest BCUT2D eigenvalue weighted by molar-refractivity contribution is 5.05. The number of aliphatic hydroxyl groups excluding tert-OH is 1. The molecule has 0 amide bonds. The Morgan fingerprint density at radius 3 is 2.84 bits per heavy atom. The van der Waals surface area contributed by atoms with Crippen molar-refractivity contribution < 1.29 is 9.84 Å². The Kier molecular flexibility index (Phi) is 4.99. The van der Waals surface area contributed by atoms with E-state index in [0.717, 1.165) is 44.4 Å². The molecule has 19 heavy (non-hydrogen) atoms. The minimum atomic E-state index is -0.120. The maximum atomic E-state index is 9.70. The largest absolute Gasteiger partial charge is 0.396 e. The number of rotatable bonds is 6. The van der Waals surface area contributed by atoms with Crippen molar-refractivity contribution in [2.24, 2.45) is 5.41 Å². The van der Waals surface area contributed by atoms with E-state index in [0.29, 0.717) is 12.6 Å². The Morgan fingerprint density at radius 1 is 1.47 bits per heavy atom. The van der Waals surface area contributed by atoms with Gasteiger partial charge < -0.3 is 9.84 Å². The molecule has 0 spiro atoms. The SMILES string of the molecule is CCC(CC)n1ccc(CC2(CO)CCCOC2)n1. The summed E-state index contributed by atoms with van der Waals surface area (Å²) < 4.78 is 7.62. The zero-order valence-electron chi connectivity index (χ0n) is 12.1. The second-order valence-corrected chi connectivity index (χ2v) is 5.75. The van der Waals surface area contributed by atoms with Crippen molar-refractivity contribution in [3.05, 3.63) is 18.0 Å². The molecule has 1 aliphatic rings. The lowest BCUT2D eigenvalue weighted by Crippen LogP contribution is -2.37. The van der Waals surface area contributed by atoms with Gasteiger partial charge in [-0.1, -0.05) is 13.8 Å². The van der Waals surface area contributed by atoms with Crippen LogP contribution in [0, 0.1) is 5.41 Å². The van der Waals surface area contributed by atoms with E-state index in [1.54, 1.807) is 0 Å². The van der Waals surface area contributed by atoms with Crippen LogP contribution in [-0.4, -0.2) is 34.7 Å². The lowest BCUT2D eigenvalue weighted by atomic mass is 9.79. The zero-order chi connectivity index (χ0) is 13.7. The second-order valence-electron chi connectivity index (χ2n) is 5.75. The number of aromatic nitrogens is 2. The maximum absolute atomic E-state index is 9.70. The van der Waals surface area contributed by atoms with Crippen LogP contribution in [0.15, 0.2) is 12.3 Å².